The summed E-state index contributed by atoms with van der Waals surface area (Å²) in [6.45, 7) is 9.37. The van der Waals surface area contributed by atoms with Crippen LogP contribution in [0.15, 0.2) is 45.9 Å². The van der Waals surface area contributed by atoms with Crippen LogP contribution in [0.2, 0.25) is 0 Å². The third-order valence-corrected chi connectivity index (χ3v) is 6.24. The number of furan rings is 1. The Labute approximate surface area is 208 Å². The minimum atomic E-state index is -0.612. The van der Waals surface area contributed by atoms with Gasteiger partial charge in [0, 0.05) is 40.9 Å². The molecule has 0 spiro atoms. The van der Waals surface area contributed by atoms with Crippen molar-refractivity contribution in [1.29, 1.82) is 0 Å². The number of hydrogen-bond donors (Lipinski definition) is 1. The summed E-state index contributed by atoms with van der Waals surface area (Å²) >= 11 is 0. The number of methoxy groups -OCH3 is 2. The number of rotatable bonds is 7. The molecule has 36 heavy (non-hydrogen) atoms. The zero-order valence-electron chi connectivity index (χ0n) is 21.0. The summed E-state index contributed by atoms with van der Waals surface area (Å²) in [5.74, 6) is 0.113. The molecule has 188 valence electrons. The molecule has 0 atom stereocenters. The van der Waals surface area contributed by atoms with E-state index in [1.807, 2.05) is 12.1 Å². The van der Waals surface area contributed by atoms with Crippen LogP contribution in [-0.4, -0.2) is 43.3 Å². The standard InChI is InChI=1S/C26H28N4O6/c1-7-29-20-12-21(34-5)17(9-19(20)15(2)13-26(29,3)4)14-27-28-25(31)23-10-16-8-18(30(32)33)11-22(35-6)24(16)36-23/h8-14H,7H2,1-6H3,(H,28,31)/b27-14-. The molecule has 1 aliphatic heterocycles. The van der Waals surface area contributed by atoms with Crippen LogP contribution in [0, 0.1) is 10.1 Å². The van der Waals surface area contributed by atoms with Crippen molar-refractivity contribution in [3.63, 3.8) is 0 Å². The van der Waals surface area contributed by atoms with Crippen LogP contribution >= 0.6 is 0 Å². The van der Waals surface area contributed by atoms with Gasteiger partial charge in [-0.1, -0.05) is 6.08 Å². The first-order valence-electron chi connectivity index (χ1n) is 11.4. The molecule has 0 unspecified atom stereocenters. The minimum absolute atomic E-state index is 0.0575. The van der Waals surface area contributed by atoms with E-state index in [0.29, 0.717) is 16.7 Å². The maximum absolute atomic E-state index is 12.7. The number of nitro benzene ring substituents is 1. The molecule has 0 saturated carbocycles. The van der Waals surface area contributed by atoms with Crippen molar-refractivity contribution in [3.05, 3.63) is 63.4 Å². The average molecular weight is 493 g/mol. The molecular weight excluding hydrogens is 464 g/mol. The van der Waals surface area contributed by atoms with Crippen LogP contribution in [-0.2, 0) is 0 Å². The van der Waals surface area contributed by atoms with E-state index in [2.05, 4.69) is 49.2 Å². The molecule has 0 saturated heterocycles. The number of nitrogens with one attached hydrogen (secondary N) is 1. The molecule has 0 bridgehead atoms. The number of likely N-dealkylation sites (N-methyl/N-ethyl adjacent to an activating group) is 1. The molecule has 1 amide bonds. The predicted octanol–water partition coefficient (Wildman–Crippen LogP) is 5.14. The maximum atomic E-state index is 12.7. The number of nitrogens with zero attached hydrogens (tertiary/aromatic N) is 3. The Bertz CT molecular complexity index is 1420. The molecule has 0 radical (unpaired) electrons. The van der Waals surface area contributed by atoms with Crippen LogP contribution in [0.5, 0.6) is 11.5 Å². The number of non-ortho nitro benzene ring substituents is 1. The number of hydrazone groups is 1. The molecule has 1 aromatic heterocycles. The number of amides is 1. The average Bonchev–Trinajstić information content (AvgIpc) is 3.27. The second kappa shape index (κ2) is 9.37. The summed E-state index contributed by atoms with van der Waals surface area (Å²) in [4.78, 5) is 25.6. The Balaban J connectivity index is 1.61. The fourth-order valence-electron chi connectivity index (χ4n) is 4.67. The highest BCUT2D eigenvalue weighted by Gasteiger charge is 2.31. The molecule has 0 aliphatic carbocycles. The third-order valence-electron chi connectivity index (χ3n) is 6.24. The first-order chi connectivity index (χ1) is 17.1. The molecule has 1 N–H and O–H groups in total. The van der Waals surface area contributed by atoms with E-state index in [1.54, 1.807) is 7.11 Å². The van der Waals surface area contributed by atoms with E-state index in [9.17, 15) is 14.9 Å². The number of carbonyl (C=O) groups is 1. The normalized spacial score (nSPS) is 14.5. The molecule has 2 aromatic carbocycles. The predicted molar refractivity (Wildman–Crippen MR) is 138 cm³/mol. The minimum Gasteiger partial charge on any atom is -0.496 e. The summed E-state index contributed by atoms with van der Waals surface area (Å²) in [7, 11) is 2.96. The number of fused-ring (bicyclic) bond motifs is 2. The van der Waals surface area contributed by atoms with Crippen LogP contribution in [0.25, 0.3) is 16.5 Å². The number of carbonyl (C=O) groups excluding carboxylic acids is 1. The van der Waals surface area contributed by atoms with E-state index in [0.717, 1.165) is 23.4 Å². The van der Waals surface area contributed by atoms with Crippen molar-refractivity contribution in [2.75, 3.05) is 25.7 Å². The second-order valence-electron chi connectivity index (χ2n) is 8.97. The van der Waals surface area contributed by atoms with Crippen LogP contribution in [0.3, 0.4) is 0 Å². The monoisotopic (exact) mass is 492 g/mol. The van der Waals surface area contributed by atoms with Gasteiger partial charge < -0.3 is 18.8 Å². The van der Waals surface area contributed by atoms with Gasteiger partial charge in [-0.15, -0.1) is 0 Å². The first kappa shape index (κ1) is 24.8. The zero-order chi connectivity index (χ0) is 26.2. The van der Waals surface area contributed by atoms with Gasteiger partial charge in [-0.05, 0) is 45.4 Å². The highest BCUT2D eigenvalue weighted by atomic mass is 16.6. The quantitative estimate of drug-likeness (QED) is 0.275. The van der Waals surface area contributed by atoms with Gasteiger partial charge in [-0.2, -0.15) is 5.10 Å². The smallest absolute Gasteiger partial charge is 0.307 e. The van der Waals surface area contributed by atoms with E-state index in [4.69, 9.17) is 13.9 Å². The van der Waals surface area contributed by atoms with Gasteiger partial charge in [0.15, 0.2) is 17.1 Å². The Morgan fingerprint density at radius 1 is 1.19 bits per heavy atom. The van der Waals surface area contributed by atoms with Gasteiger partial charge in [-0.3, -0.25) is 14.9 Å². The number of allylic oxidation sites excluding steroid dienone is 1. The van der Waals surface area contributed by atoms with E-state index in [-0.39, 0.29) is 28.3 Å². The lowest BCUT2D eigenvalue weighted by Gasteiger charge is -2.43. The van der Waals surface area contributed by atoms with Gasteiger partial charge in [0.2, 0.25) is 0 Å². The number of anilines is 1. The fourth-order valence-corrected chi connectivity index (χ4v) is 4.67. The number of nitro groups is 1. The molecule has 10 heteroatoms. The van der Waals surface area contributed by atoms with E-state index in [1.165, 1.54) is 31.5 Å². The lowest BCUT2D eigenvalue weighted by atomic mass is 9.88. The van der Waals surface area contributed by atoms with Crippen LogP contribution < -0.4 is 19.8 Å². The lowest BCUT2D eigenvalue weighted by molar-refractivity contribution is -0.384. The maximum Gasteiger partial charge on any atom is 0.307 e. The van der Waals surface area contributed by atoms with Gasteiger partial charge in [0.05, 0.1) is 37.0 Å². The van der Waals surface area contributed by atoms with Crippen LogP contribution in [0.4, 0.5) is 11.4 Å². The summed E-state index contributed by atoms with van der Waals surface area (Å²) in [6.07, 6.45) is 3.74. The number of ether oxygens (including phenoxy) is 2. The Morgan fingerprint density at radius 3 is 2.56 bits per heavy atom. The topological polar surface area (TPSA) is 119 Å². The lowest BCUT2D eigenvalue weighted by Crippen LogP contribution is -2.44. The Hall–Kier alpha value is -4.34. The highest BCUT2D eigenvalue weighted by Crippen LogP contribution is 2.41. The fraction of sp³-hybridized carbons (Fsp3) is 0.308. The SMILES string of the molecule is CCN1c2cc(OC)c(/C=N\NC(=O)c3cc4cc([N+](=O)[O-])cc(OC)c4o3)cc2C(C)=CC1(C)C. The number of benzene rings is 2. The van der Waals surface area contributed by atoms with Crippen molar-refractivity contribution in [3.8, 4) is 11.5 Å². The van der Waals surface area contributed by atoms with Gasteiger partial charge >= 0.3 is 5.91 Å². The van der Waals surface area contributed by atoms with Crippen molar-refractivity contribution < 1.29 is 23.6 Å². The summed E-state index contributed by atoms with van der Waals surface area (Å²) in [5.41, 5.74) is 6.36. The molecule has 0 fully saturated rings. The van der Waals surface area contributed by atoms with E-state index >= 15 is 0 Å². The van der Waals surface area contributed by atoms with Crippen molar-refractivity contribution >= 4 is 40.0 Å². The van der Waals surface area contributed by atoms with Crippen molar-refractivity contribution in [1.82, 2.24) is 5.43 Å². The molecule has 1 aliphatic rings. The van der Waals surface area contributed by atoms with Crippen molar-refractivity contribution in [2.45, 2.75) is 33.2 Å². The third kappa shape index (κ3) is 4.37. The Kier molecular flexibility index (Phi) is 6.45. The largest absolute Gasteiger partial charge is 0.496 e. The second-order valence-corrected chi connectivity index (χ2v) is 8.97. The summed E-state index contributed by atoms with van der Waals surface area (Å²) < 4.78 is 16.4. The van der Waals surface area contributed by atoms with Crippen LogP contribution in [0.1, 0.15) is 49.4 Å². The summed E-state index contributed by atoms with van der Waals surface area (Å²) in [5, 5.41) is 15.6. The van der Waals surface area contributed by atoms with Gasteiger partial charge in [-0.25, -0.2) is 5.43 Å². The van der Waals surface area contributed by atoms with Gasteiger partial charge in [0.1, 0.15) is 5.75 Å². The van der Waals surface area contributed by atoms with E-state index < -0.39 is 10.8 Å². The number of hydrogen-bond acceptors (Lipinski definition) is 8. The van der Waals surface area contributed by atoms with Crippen molar-refractivity contribution in [2.24, 2.45) is 5.10 Å². The molecule has 10 nitrogen and oxygen atoms in total. The molecular formula is C26H28N4O6. The van der Waals surface area contributed by atoms with Gasteiger partial charge in [0.25, 0.3) is 5.69 Å². The molecule has 4 rings (SSSR count). The summed E-state index contributed by atoms with van der Waals surface area (Å²) in [6, 6.07) is 7.93. The first-order valence-corrected chi connectivity index (χ1v) is 11.4. The molecule has 3 aromatic rings. The highest BCUT2D eigenvalue weighted by molar-refractivity contribution is 5.98. The Morgan fingerprint density at radius 2 is 1.92 bits per heavy atom. The molecule has 2 heterocycles. The zero-order valence-corrected chi connectivity index (χ0v) is 21.0.